The quantitative estimate of drug-likeness (QED) is 0.319. The predicted octanol–water partition coefficient (Wildman–Crippen LogP) is 3.58. The second kappa shape index (κ2) is 3.76. The van der Waals surface area contributed by atoms with Gasteiger partial charge in [0.15, 0.2) is 0 Å². The smallest absolute Gasteiger partial charge is 0.147 e. The second-order valence-corrected chi connectivity index (χ2v) is 5.10. The van der Waals surface area contributed by atoms with Crippen molar-refractivity contribution in [1.82, 2.24) is 19.4 Å². The summed E-state index contributed by atoms with van der Waals surface area (Å²) in [4.78, 5) is 13.6. The van der Waals surface area contributed by atoms with Gasteiger partial charge in [0.1, 0.15) is 12.0 Å². The van der Waals surface area contributed by atoms with Crippen molar-refractivity contribution >= 4 is 38.4 Å². The molecule has 1 aromatic carbocycles. The molecule has 0 saturated heterocycles. The Bertz CT molecular complexity index is 1140. The van der Waals surface area contributed by atoms with Crippen molar-refractivity contribution in [1.29, 1.82) is 0 Å². The van der Waals surface area contributed by atoms with Gasteiger partial charge < -0.3 is 0 Å². The third kappa shape index (κ3) is 1.36. The number of pyridine rings is 3. The number of nitrogens with zero attached hydrogens (tertiary/aromatic N) is 4. The number of benzene rings is 1. The Morgan fingerprint density at radius 1 is 0.952 bits per heavy atom. The Morgan fingerprint density at radius 3 is 2.90 bits per heavy atom. The first kappa shape index (κ1) is 10.7. The van der Waals surface area contributed by atoms with Gasteiger partial charge in [-0.25, -0.2) is 15.0 Å². The number of aromatic nitrogens is 4. The lowest BCUT2D eigenvalue weighted by molar-refractivity contribution is 1.17. The molecule has 0 aliphatic rings. The summed E-state index contributed by atoms with van der Waals surface area (Å²) < 4.78 is 2.02. The van der Waals surface area contributed by atoms with E-state index in [0.717, 1.165) is 38.4 Å². The molecule has 0 N–H and O–H groups in total. The van der Waals surface area contributed by atoms with Gasteiger partial charge in [-0.2, -0.15) is 0 Å². The molecule has 4 aromatic heterocycles. The molecule has 0 saturated carbocycles. The lowest BCUT2D eigenvalue weighted by atomic mass is 10.1. The van der Waals surface area contributed by atoms with Crippen molar-refractivity contribution in [3.8, 4) is 0 Å². The molecule has 5 aromatic rings. The van der Waals surface area contributed by atoms with Crippen molar-refractivity contribution in [2.45, 2.75) is 0 Å². The van der Waals surface area contributed by atoms with Crippen LogP contribution >= 0.6 is 0 Å². The summed E-state index contributed by atoms with van der Waals surface area (Å²) in [7, 11) is 0. The summed E-state index contributed by atoms with van der Waals surface area (Å²) in [6.07, 6.45) is 5.47. The summed E-state index contributed by atoms with van der Waals surface area (Å²) in [6.45, 7) is 0. The minimum absolute atomic E-state index is 0.889. The van der Waals surface area contributed by atoms with E-state index in [1.807, 2.05) is 34.9 Å². The van der Waals surface area contributed by atoms with Crippen LogP contribution < -0.4 is 0 Å². The molecule has 0 aliphatic heterocycles. The van der Waals surface area contributed by atoms with Crippen molar-refractivity contribution in [2.75, 3.05) is 0 Å². The van der Waals surface area contributed by atoms with E-state index < -0.39 is 0 Å². The summed E-state index contributed by atoms with van der Waals surface area (Å²) >= 11 is 0. The molecule has 0 amide bonds. The van der Waals surface area contributed by atoms with Gasteiger partial charge in [0.05, 0.1) is 22.7 Å². The second-order valence-electron chi connectivity index (χ2n) is 5.10. The van der Waals surface area contributed by atoms with Crippen LogP contribution in [0.3, 0.4) is 0 Å². The fourth-order valence-electron chi connectivity index (χ4n) is 2.95. The van der Waals surface area contributed by atoms with Crippen LogP contribution in [0.1, 0.15) is 0 Å². The number of hydrogen-bond donors (Lipinski definition) is 0. The van der Waals surface area contributed by atoms with Crippen molar-refractivity contribution in [3.63, 3.8) is 0 Å². The molecule has 98 valence electrons. The highest BCUT2D eigenvalue weighted by Gasteiger charge is 2.11. The number of hydrogen-bond acceptors (Lipinski definition) is 3. The summed E-state index contributed by atoms with van der Waals surface area (Å²) in [5, 5.41) is 3.28. The van der Waals surface area contributed by atoms with Crippen LogP contribution in [-0.2, 0) is 0 Å². The first-order valence-corrected chi connectivity index (χ1v) is 6.80. The van der Waals surface area contributed by atoms with E-state index in [4.69, 9.17) is 4.98 Å². The van der Waals surface area contributed by atoms with E-state index in [-0.39, 0.29) is 0 Å². The fourth-order valence-corrected chi connectivity index (χ4v) is 2.95. The van der Waals surface area contributed by atoms with Crippen LogP contribution in [-0.4, -0.2) is 19.4 Å². The van der Waals surface area contributed by atoms with Gasteiger partial charge >= 0.3 is 0 Å². The minimum atomic E-state index is 0.889. The van der Waals surface area contributed by atoms with Gasteiger partial charge in [-0.05, 0) is 24.3 Å². The van der Waals surface area contributed by atoms with Crippen LogP contribution in [0.2, 0.25) is 0 Å². The topological polar surface area (TPSA) is 43.1 Å². The Morgan fingerprint density at radius 2 is 1.90 bits per heavy atom. The molecule has 0 bridgehead atoms. The lowest BCUT2D eigenvalue weighted by Gasteiger charge is -2.08. The maximum Gasteiger partial charge on any atom is 0.147 e. The van der Waals surface area contributed by atoms with Crippen LogP contribution in [0.15, 0.2) is 61.2 Å². The summed E-state index contributed by atoms with van der Waals surface area (Å²) in [5.74, 6) is 0. The molecule has 21 heavy (non-hydrogen) atoms. The van der Waals surface area contributed by atoms with Crippen LogP contribution in [0, 0.1) is 0 Å². The predicted molar refractivity (Wildman–Crippen MR) is 83.3 cm³/mol. The van der Waals surface area contributed by atoms with E-state index in [1.54, 1.807) is 12.5 Å². The van der Waals surface area contributed by atoms with Gasteiger partial charge in [-0.15, -0.1) is 0 Å². The molecule has 0 fully saturated rings. The maximum atomic E-state index is 4.85. The minimum Gasteiger partial charge on any atom is -0.282 e. The highest BCUT2D eigenvalue weighted by atomic mass is 15.0. The van der Waals surface area contributed by atoms with Crippen LogP contribution in [0.25, 0.3) is 38.4 Å². The number of fused-ring (bicyclic) bond motifs is 7. The van der Waals surface area contributed by atoms with Crippen molar-refractivity contribution < 1.29 is 0 Å². The summed E-state index contributed by atoms with van der Waals surface area (Å²) in [5.41, 5.74) is 3.90. The normalized spacial score (nSPS) is 11.8. The van der Waals surface area contributed by atoms with E-state index in [0.29, 0.717) is 0 Å². The molecule has 0 aliphatic carbocycles. The molecule has 5 rings (SSSR count). The number of rotatable bonds is 0. The first-order valence-electron chi connectivity index (χ1n) is 6.80. The molecule has 4 nitrogen and oxygen atoms in total. The third-order valence-electron chi connectivity index (χ3n) is 3.91. The molecule has 4 heterocycles. The zero-order valence-corrected chi connectivity index (χ0v) is 11.1. The fraction of sp³-hybridized carbons (Fsp3) is 0. The molecule has 0 spiro atoms. The van der Waals surface area contributed by atoms with Crippen molar-refractivity contribution in [2.24, 2.45) is 0 Å². The maximum absolute atomic E-state index is 4.85. The Hall–Kier alpha value is -3.01. The lowest BCUT2D eigenvalue weighted by Crippen LogP contribution is -1.94. The highest BCUT2D eigenvalue weighted by Crippen LogP contribution is 2.29. The monoisotopic (exact) mass is 270 g/mol. The molecule has 0 unspecified atom stereocenters. The average molecular weight is 270 g/mol. The molecule has 0 radical (unpaired) electrons. The Balaban J connectivity index is 2.18. The van der Waals surface area contributed by atoms with Gasteiger partial charge in [-0.3, -0.25) is 4.40 Å². The number of imidazole rings is 1. The van der Waals surface area contributed by atoms with Crippen LogP contribution in [0.5, 0.6) is 0 Å². The zero-order valence-electron chi connectivity index (χ0n) is 11.1. The zero-order chi connectivity index (χ0) is 13.8. The van der Waals surface area contributed by atoms with E-state index in [9.17, 15) is 0 Å². The van der Waals surface area contributed by atoms with E-state index in [2.05, 4.69) is 28.2 Å². The molecular formula is C17H10N4. The standard InChI is InChI=1S/C17H10N4/c1-2-6-14-11(4-1)8-13-15-9-18-10-21(15)17-12(16(13)20-14)5-3-7-19-17/h1-10H. The molecular weight excluding hydrogens is 260 g/mol. The SMILES string of the molecule is c1ccc2nc3c(cc2c1)c1cncn1c1ncccc31. The number of para-hydroxylation sites is 1. The van der Waals surface area contributed by atoms with Gasteiger partial charge in [0, 0.05) is 22.4 Å². The highest BCUT2D eigenvalue weighted by molar-refractivity contribution is 6.12. The molecule has 0 atom stereocenters. The van der Waals surface area contributed by atoms with Crippen LogP contribution in [0.4, 0.5) is 0 Å². The Labute approximate surface area is 119 Å². The van der Waals surface area contributed by atoms with Gasteiger partial charge in [-0.1, -0.05) is 18.2 Å². The average Bonchev–Trinajstić information content (AvgIpc) is 3.03. The largest absolute Gasteiger partial charge is 0.282 e. The van der Waals surface area contributed by atoms with E-state index in [1.165, 1.54) is 0 Å². The summed E-state index contributed by atoms with van der Waals surface area (Å²) in [6, 6.07) is 14.4. The van der Waals surface area contributed by atoms with Crippen molar-refractivity contribution in [3.05, 3.63) is 61.2 Å². The third-order valence-corrected chi connectivity index (χ3v) is 3.91. The first-order chi connectivity index (χ1) is 10.4. The molecule has 4 heteroatoms. The van der Waals surface area contributed by atoms with Gasteiger partial charge in [0.25, 0.3) is 0 Å². The Kier molecular flexibility index (Phi) is 1.92. The van der Waals surface area contributed by atoms with E-state index >= 15 is 0 Å². The van der Waals surface area contributed by atoms with Gasteiger partial charge in [0.2, 0.25) is 0 Å².